The fourth-order valence-electron chi connectivity index (χ4n) is 1.29. The van der Waals surface area contributed by atoms with E-state index in [1.807, 2.05) is 22.6 Å². The van der Waals surface area contributed by atoms with Gasteiger partial charge in [0.1, 0.15) is 5.76 Å². The van der Waals surface area contributed by atoms with E-state index < -0.39 is 0 Å². The van der Waals surface area contributed by atoms with Crippen molar-refractivity contribution in [3.8, 4) is 0 Å². The van der Waals surface area contributed by atoms with E-state index in [0.29, 0.717) is 17.3 Å². The van der Waals surface area contributed by atoms with Crippen molar-refractivity contribution in [3.05, 3.63) is 39.1 Å². The molecule has 1 amide bonds. The summed E-state index contributed by atoms with van der Waals surface area (Å²) in [6.07, 6.45) is -0.347. The van der Waals surface area contributed by atoms with Crippen LogP contribution in [0.1, 0.15) is 0 Å². The van der Waals surface area contributed by atoms with Crippen LogP contribution in [-0.2, 0) is 4.74 Å². The SMILES string of the molecule is O=C1OC(=CI)CN1c1ccc(Cl)cc1. The number of carbonyl (C=O) groups excluding carboxylic acids is 1. The van der Waals surface area contributed by atoms with E-state index in [9.17, 15) is 4.79 Å². The highest BCUT2D eigenvalue weighted by Crippen LogP contribution is 2.25. The molecule has 1 fully saturated rings. The molecule has 1 aliphatic heterocycles. The lowest BCUT2D eigenvalue weighted by Gasteiger charge is -2.11. The van der Waals surface area contributed by atoms with Crippen LogP contribution < -0.4 is 4.90 Å². The Kier molecular flexibility index (Phi) is 3.16. The Labute approximate surface area is 106 Å². The number of nitrogens with zero attached hydrogens (tertiary/aromatic N) is 1. The lowest BCUT2D eigenvalue weighted by atomic mass is 10.3. The van der Waals surface area contributed by atoms with Gasteiger partial charge in [-0.25, -0.2) is 4.79 Å². The second kappa shape index (κ2) is 4.40. The topological polar surface area (TPSA) is 29.5 Å². The van der Waals surface area contributed by atoms with Crippen LogP contribution in [0.4, 0.5) is 10.5 Å². The van der Waals surface area contributed by atoms with Gasteiger partial charge in [0.15, 0.2) is 0 Å². The highest BCUT2D eigenvalue weighted by atomic mass is 127. The molecule has 1 aromatic rings. The number of rotatable bonds is 1. The van der Waals surface area contributed by atoms with Gasteiger partial charge in [-0.15, -0.1) is 0 Å². The molecule has 0 saturated carbocycles. The van der Waals surface area contributed by atoms with Crippen molar-refractivity contribution in [2.45, 2.75) is 0 Å². The standard InChI is InChI=1S/C10H7ClINO2/c11-7-1-3-8(4-2-7)13-6-9(5-12)15-10(13)14/h1-5H,6H2. The zero-order valence-electron chi connectivity index (χ0n) is 7.61. The number of cyclic esters (lactones) is 1. The molecule has 78 valence electrons. The summed E-state index contributed by atoms with van der Waals surface area (Å²) in [5, 5.41) is 0.649. The van der Waals surface area contributed by atoms with Gasteiger partial charge >= 0.3 is 6.09 Å². The van der Waals surface area contributed by atoms with Gasteiger partial charge in [-0.1, -0.05) is 11.6 Å². The van der Waals surface area contributed by atoms with Crippen LogP contribution in [0.5, 0.6) is 0 Å². The van der Waals surface area contributed by atoms with Crippen LogP contribution in [0.3, 0.4) is 0 Å². The minimum Gasteiger partial charge on any atom is -0.412 e. The van der Waals surface area contributed by atoms with Crippen molar-refractivity contribution >= 4 is 46.0 Å². The van der Waals surface area contributed by atoms with E-state index >= 15 is 0 Å². The van der Waals surface area contributed by atoms with Gasteiger partial charge in [-0.3, -0.25) is 4.90 Å². The van der Waals surface area contributed by atoms with Crippen LogP contribution in [0.2, 0.25) is 5.02 Å². The Hall–Kier alpha value is -0.750. The van der Waals surface area contributed by atoms with Crippen LogP contribution in [0.25, 0.3) is 0 Å². The Bertz CT molecular complexity index is 416. The third-order valence-corrected chi connectivity index (χ3v) is 2.96. The van der Waals surface area contributed by atoms with Gasteiger partial charge in [0.2, 0.25) is 0 Å². The van der Waals surface area contributed by atoms with Crippen LogP contribution in [0, 0.1) is 0 Å². The number of anilines is 1. The first kappa shape index (κ1) is 10.8. The molecule has 0 unspecified atom stereocenters. The third-order valence-electron chi connectivity index (χ3n) is 2.01. The number of hydrogen-bond acceptors (Lipinski definition) is 2. The lowest BCUT2D eigenvalue weighted by Crippen LogP contribution is -2.22. The molecule has 1 heterocycles. The molecule has 0 aromatic heterocycles. The molecule has 2 rings (SSSR count). The molecular formula is C10H7ClINO2. The van der Waals surface area contributed by atoms with Gasteiger partial charge in [0.05, 0.1) is 6.54 Å². The number of carbonyl (C=O) groups is 1. The van der Waals surface area contributed by atoms with Crippen LogP contribution in [-0.4, -0.2) is 12.6 Å². The smallest absolute Gasteiger partial charge is 0.412 e. The zero-order chi connectivity index (χ0) is 10.8. The summed E-state index contributed by atoms with van der Waals surface area (Å²) in [4.78, 5) is 13.0. The molecule has 3 nitrogen and oxygen atoms in total. The zero-order valence-corrected chi connectivity index (χ0v) is 10.5. The largest absolute Gasteiger partial charge is 0.419 e. The quantitative estimate of drug-likeness (QED) is 0.734. The van der Waals surface area contributed by atoms with Crippen molar-refractivity contribution in [3.63, 3.8) is 0 Å². The normalized spacial score (nSPS) is 18.4. The average molecular weight is 336 g/mol. The molecule has 0 N–H and O–H groups in total. The average Bonchev–Trinajstić information content (AvgIpc) is 2.61. The number of amides is 1. The van der Waals surface area contributed by atoms with E-state index in [4.69, 9.17) is 16.3 Å². The van der Waals surface area contributed by atoms with Crippen LogP contribution >= 0.6 is 34.2 Å². The number of hydrogen-bond donors (Lipinski definition) is 0. The summed E-state index contributed by atoms with van der Waals surface area (Å²) in [6, 6.07) is 7.07. The highest BCUT2D eigenvalue weighted by Gasteiger charge is 2.27. The number of ether oxygens (including phenoxy) is 1. The molecule has 0 bridgehead atoms. The van der Waals surface area contributed by atoms with Gasteiger partial charge in [0, 0.05) is 14.8 Å². The summed E-state index contributed by atoms with van der Waals surface area (Å²) in [5.74, 6) is 0.663. The van der Waals surface area contributed by atoms with Crippen molar-refractivity contribution in [1.82, 2.24) is 0 Å². The van der Waals surface area contributed by atoms with Gasteiger partial charge in [0.25, 0.3) is 0 Å². The van der Waals surface area contributed by atoms with E-state index in [0.717, 1.165) is 5.69 Å². The van der Waals surface area contributed by atoms with Crippen molar-refractivity contribution in [2.75, 3.05) is 11.4 Å². The third kappa shape index (κ3) is 2.26. The fourth-order valence-corrected chi connectivity index (χ4v) is 1.74. The lowest BCUT2D eigenvalue weighted by molar-refractivity contribution is 0.199. The molecule has 0 radical (unpaired) electrons. The van der Waals surface area contributed by atoms with E-state index in [1.54, 1.807) is 33.2 Å². The van der Waals surface area contributed by atoms with Crippen LogP contribution in [0.15, 0.2) is 34.1 Å². The summed E-state index contributed by atoms with van der Waals surface area (Å²) >= 11 is 7.81. The minimum atomic E-state index is -0.347. The summed E-state index contributed by atoms with van der Waals surface area (Å²) < 4.78 is 6.77. The van der Waals surface area contributed by atoms with Gasteiger partial charge < -0.3 is 4.74 Å². The van der Waals surface area contributed by atoms with E-state index in [-0.39, 0.29) is 6.09 Å². The fraction of sp³-hybridized carbons (Fsp3) is 0.100. The Morgan fingerprint density at radius 2 is 2.07 bits per heavy atom. The Morgan fingerprint density at radius 1 is 1.40 bits per heavy atom. The highest BCUT2D eigenvalue weighted by molar-refractivity contribution is 14.1. The van der Waals surface area contributed by atoms with Gasteiger partial charge in [-0.05, 0) is 46.9 Å². The molecular weight excluding hydrogens is 328 g/mol. The first-order valence-corrected chi connectivity index (χ1v) is 5.87. The van der Waals surface area contributed by atoms with Gasteiger partial charge in [-0.2, -0.15) is 0 Å². The summed E-state index contributed by atoms with van der Waals surface area (Å²) in [5.41, 5.74) is 0.789. The Morgan fingerprint density at radius 3 is 2.60 bits per heavy atom. The van der Waals surface area contributed by atoms with E-state index in [1.165, 1.54) is 0 Å². The molecule has 1 aromatic carbocycles. The molecule has 5 heteroatoms. The number of benzene rings is 1. The monoisotopic (exact) mass is 335 g/mol. The molecule has 0 spiro atoms. The Balaban J connectivity index is 2.25. The number of halogens is 2. The second-order valence-electron chi connectivity index (χ2n) is 3.01. The summed E-state index contributed by atoms with van der Waals surface area (Å²) in [6.45, 7) is 0.476. The van der Waals surface area contributed by atoms with Crippen molar-refractivity contribution in [1.29, 1.82) is 0 Å². The minimum absolute atomic E-state index is 0.347. The molecule has 15 heavy (non-hydrogen) atoms. The first-order valence-electron chi connectivity index (χ1n) is 4.25. The maximum Gasteiger partial charge on any atom is 0.419 e. The maximum atomic E-state index is 11.5. The molecule has 1 aliphatic rings. The molecule has 0 aliphatic carbocycles. The second-order valence-corrected chi connectivity index (χ2v) is 4.07. The van der Waals surface area contributed by atoms with Crippen molar-refractivity contribution in [2.24, 2.45) is 0 Å². The maximum absolute atomic E-state index is 11.5. The molecule has 0 atom stereocenters. The van der Waals surface area contributed by atoms with Crippen molar-refractivity contribution < 1.29 is 9.53 Å². The van der Waals surface area contributed by atoms with E-state index in [2.05, 4.69) is 0 Å². The predicted octanol–water partition coefficient (Wildman–Crippen LogP) is 3.57. The molecule has 1 saturated heterocycles. The predicted molar refractivity (Wildman–Crippen MR) is 67.4 cm³/mol. The summed E-state index contributed by atoms with van der Waals surface area (Å²) in [7, 11) is 0. The first-order chi connectivity index (χ1) is 7.20.